The summed E-state index contributed by atoms with van der Waals surface area (Å²) >= 11 is 0. The van der Waals surface area contributed by atoms with Gasteiger partial charge >= 0.3 is 5.97 Å². The van der Waals surface area contributed by atoms with Crippen molar-refractivity contribution in [2.45, 2.75) is 51.4 Å². The highest BCUT2D eigenvalue weighted by atomic mass is 19.1. The molecule has 176 valence electrons. The van der Waals surface area contributed by atoms with Crippen LogP contribution in [0, 0.1) is 17.6 Å². The summed E-state index contributed by atoms with van der Waals surface area (Å²) in [5.74, 6) is 0.223. The van der Waals surface area contributed by atoms with Crippen LogP contribution in [0.1, 0.15) is 73.1 Å². The number of nitrogens with zero attached hydrogens (tertiary/aromatic N) is 2. The van der Waals surface area contributed by atoms with Gasteiger partial charge in [0.2, 0.25) is 0 Å². The number of halogens is 2. The number of aromatic amines is 1. The summed E-state index contributed by atoms with van der Waals surface area (Å²) in [6, 6.07) is 9.57. The van der Waals surface area contributed by atoms with Crippen LogP contribution in [0.15, 0.2) is 42.6 Å². The fraction of sp³-hybridized carbons (Fsp3) is 0.370. The Bertz CT molecular complexity index is 1360. The molecule has 2 aromatic carbocycles. The smallest absolute Gasteiger partial charge is 0.341 e. The van der Waals surface area contributed by atoms with Gasteiger partial charge in [0.15, 0.2) is 0 Å². The zero-order valence-corrected chi connectivity index (χ0v) is 19.3. The van der Waals surface area contributed by atoms with Gasteiger partial charge in [0, 0.05) is 23.6 Å². The molecule has 2 heterocycles. The Balaban J connectivity index is 1.33. The number of fused-ring (bicyclic) bond motifs is 2. The molecule has 0 spiro atoms. The second-order valence-electron chi connectivity index (χ2n) is 9.15. The third kappa shape index (κ3) is 4.15. The maximum Gasteiger partial charge on any atom is 0.341 e. The first-order valence-electron chi connectivity index (χ1n) is 11.8. The second kappa shape index (κ2) is 9.12. The summed E-state index contributed by atoms with van der Waals surface area (Å²) < 4.78 is 33.2. The average molecular weight is 464 g/mol. The van der Waals surface area contributed by atoms with Crippen LogP contribution in [0.25, 0.3) is 21.9 Å². The zero-order valence-electron chi connectivity index (χ0n) is 19.3. The van der Waals surface area contributed by atoms with Gasteiger partial charge < -0.3 is 9.72 Å². The number of esters is 1. The number of carbonyl (C=O) groups excluding carboxylic acids is 1. The highest BCUT2D eigenvalue weighted by Gasteiger charge is 2.29. The molecule has 1 atom stereocenters. The Kier molecular flexibility index (Phi) is 6.02. The number of nitrogens with one attached hydrogen (secondary N) is 1. The largest absolute Gasteiger partial charge is 0.462 e. The van der Waals surface area contributed by atoms with Gasteiger partial charge in [0.25, 0.3) is 0 Å². The van der Waals surface area contributed by atoms with E-state index in [0.717, 1.165) is 42.4 Å². The molecule has 1 N–H and O–H groups in total. The van der Waals surface area contributed by atoms with Crippen molar-refractivity contribution in [3.8, 4) is 0 Å². The molecule has 34 heavy (non-hydrogen) atoms. The average Bonchev–Trinajstić information content (AvgIpc) is 3.25. The molecule has 1 aliphatic carbocycles. The Morgan fingerprint density at radius 1 is 1.12 bits per heavy atom. The van der Waals surface area contributed by atoms with E-state index < -0.39 is 11.8 Å². The summed E-state index contributed by atoms with van der Waals surface area (Å²) in [4.78, 5) is 24.3. The Hall–Kier alpha value is -3.35. The lowest BCUT2D eigenvalue weighted by molar-refractivity contribution is 0.0521. The summed E-state index contributed by atoms with van der Waals surface area (Å²) in [6.45, 7) is 4.02. The van der Waals surface area contributed by atoms with Crippen molar-refractivity contribution in [1.29, 1.82) is 0 Å². The molecule has 5 nitrogen and oxygen atoms in total. The highest BCUT2D eigenvalue weighted by molar-refractivity contribution is 5.94. The van der Waals surface area contributed by atoms with Crippen LogP contribution >= 0.6 is 0 Å². The van der Waals surface area contributed by atoms with Crippen LogP contribution in [0.5, 0.6) is 0 Å². The molecule has 0 amide bonds. The Morgan fingerprint density at radius 2 is 1.91 bits per heavy atom. The molecule has 5 rings (SSSR count). The van der Waals surface area contributed by atoms with Crippen molar-refractivity contribution >= 4 is 27.9 Å². The molecule has 4 aromatic rings. The third-order valence-corrected chi connectivity index (χ3v) is 7.17. The molecule has 7 heteroatoms. The molecule has 0 bridgehead atoms. The molecule has 1 aliphatic rings. The van der Waals surface area contributed by atoms with E-state index in [1.54, 1.807) is 19.1 Å². The number of pyridine rings is 1. The van der Waals surface area contributed by atoms with Crippen molar-refractivity contribution in [3.63, 3.8) is 0 Å². The SMILES string of the molecule is CCOC(=O)c1cc2nc([C@H](C)C3CCC(c4ccnc5ccc(F)cc45)CC3)[nH]c2cc1F. The van der Waals surface area contributed by atoms with Gasteiger partial charge in [-0.2, -0.15) is 0 Å². The summed E-state index contributed by atoms with van der Waals surface area (Å²) in [5.41, 5.74) is 3.03. The molecule has 0 saturated heterocycles. The van der Waals surface area contributed by atoms with E-state index in [9.17, 15) is 13.6 Å². The van der Waals surface area contributed by atoms with Crippen molar-refractivity contribution in [2.24, 2.45) is 5.92 Å². The standard InChI is InChI=1S/C27H27F2N3O2/c1-3-34-27(33)21-13-24-25(14-22(21)29)32-26(31-24)15(2)16-4-6-17(7-5-16)19-10-11-30-23-9-8-18(28)12-20(19)23/h8-17H,3-7H2,1-2H3,(H,31,32)/t15-,16?,17?/m1/s1. The van der Waals surface area contributed by atoms with Gasteiger partial charge in [0.1, 0.15) is 17.5 Å². The van der Waals surface area contributed by atoms with E-state index >= 15 is 0 Å². The minimum absolute atomic E-state index is 0.0958. The molecule has 0 unspecified atom stereocenters. The maximum atomic E-state index is 14.4. The minimum Gasteiger partial charge on any atom is -0.462 e. The van der Waals surface area contributed by atoms with Crippen LogP contribution < -0.4 is 0 Å². The highest BCUT2D eigenvalue weighted by Crippen LogP contribution is 2.43. The zero-order chi connectivity index (χ0) is 23.8. The number of ether oxygens (including phenoxy) is 1. The fourth-order valence-electron chi connectivity index (χ4n) is 5.28. The first kappa shape index (κ1) is 22.4. The van der Waals surface area contributed by atoms with Crippen LogP contribution in [0.3, 0.4) is 0 Å². The number of benzene rings is 2. The summed E-state index contributed by atoms with van der Waals surface area (Å²) in [6.07, 6.45) is 5.86. The predicted octanol–water partition coefficient (Wildman–Crippen LogP) is 6.64. The van der Waals surface area contributed by atoms with E-state index in [1.165, 1.54) is 23.8 Å². The van der Waals surface area contributed by atoms with E-state index in [-0.39, 0.29) is 23.9 Å². The third-order valence-electron chi connectivity index (χ3n) is 7.17. The molecular formula is C27H27F2N3O2. The monoisotopic (exact) mass is 463 g/mol. The summed E-state index contributed by atoms with van der Waals surface area (Å²) in [5, 5.41) is 0.899. The maximum absolute atomic E-state index is 14.4. The number of rotatable bonds is 5. The molecule has 2 aromatic heterocycles. The van der Waals surface area contributed by atoms with Gasteiger partial charge in [-0.3, -0.25) is 4.98 Å². The quantitative estimate of drug-likeness (QED) is 0.337. The van der Waals surface area contributed by atoms with Crippen molar-refractivity contribution in [2.75, 3.05) is 6.61 Å². The molecule has 1 fully saturated rings. The Labute approximate surface area is 196 Å². The first-order valence-corrected chi connectivity index (χ1v) is 11.8. The van der Waals surface area contributed by atoms with Gasteiger partial charge in [-0.15, -0.1) is 0 Å². The summed E-state index contributed by atoms with van der Waals surface area (Å²) in [7, 11) is 0. The fourth-order valence-corrected chi connectivity index (χ4v) is 5.28. The lowest BCUT2D eigenvalue weighted by atomic mass is 9.73. The molecule has 1 saturated carbocycles. The minimum atomic E-state index is -0.679. The van der Waals surface area contributed by atoms with Gasteiger partial charge in [-0.25, -0.2) is 18.6 Å². The van der Waals surface area contributed by atoms with E-state index in [2.05, 4.69) is 21.9 Å². The van der Waals surface area contributed by atoms with Crippen LogP contribution in [0.4, 0.5) is 8.78 Å². The lowest BCUT2D eigenvalue weighted by Crippen LogP contribution is -2.19. The van der Waals surface area contributed by atoms with E-state index in [1.807, 2.05) is 12.3 Å². The second-order valence-corrected chi connectivity index (χ2v) is 9.15. The van der Waals surface area contributed by atoms with Crippen LogP contribution in [-0.4, -0.2) is 27.5 Å². The molecule has 0 aliphatic heterocycles. The normalized spacial score (nSPS) is 19.4. The van der Waals surface area contributed by atoms with E-state index in [0.29, 0.717) is 22.9 Å². The number of imidazole rings is 1. The van der Waals surface area contributed by atoms with Crippen molar-refractivity contribution in [1.82, 2.24) is 15.0 Å². The van der Waals surface area contributed by atoms with Gasteiger partial charge in [0.05, 0.1) is 28.7 Å². The lowest BCUT2D eigenvalue weighted by Gasteiger charge is -2.32. The van der Waals surface area contributed by atoms with Gasteiger partial charge in [-0.05, 0) is 80.3 Å². The molecular weight excluding hydrogens is 436 g/mol. The first-order chi connectivity index (χ1) is 16.4. The Morgan fingerprint density at radius 3 is 2.68 bits per heavy atom. The number of hydrogen-bond donors (Lipinski definition) is 1. The molecule has 0 radical (unpaired) electrons. The van der Waals surface area contributed by atoms with Gasteiger partial charge in [-0.1, -0.05) is 6.92 Å². The number of H-pyrrole nitrogens is 1. The van der Waals surface area contributed by atoms with Crippen molar-refractivity contribution < 1.29 is 18.3 Å². The topological polar surface area (TPSA) is 67.9 Å². The number of carbonyl (C=O) groups is 1. The van der Waals surface area contributed by atoms with Crippen LogP contribution in [0.2, 0.25) is 0 Å². The van der Waals surface area contributed by atoms with E-state index in [4.69, 9.17) is 4.74 Å². The predicted molar refractivity (Wildman–Crippen MR) is 127 cm³/mol. The number of hydrogen-bond acceptors (Lipinski definition) is 4. The van der Waals surface area contributed by atoms with Crippen molar-refractivity contribution in [3.05, 3.63) is 71.2 Å². The number of aromatic nitrogens is 3. The van der Waals surface area contributed by atoms with Crippen LogP contribution in [-0.2, 0) is 4.74 Å².